The molecule has 148 valence electrons. The van der Waals surface area contributed by atoms with Gasteiger partial charge in [-0.3, -0.25) is 0 Å². The molecule has 0 heterocycles. The first-order valence-electron chi connectivity index (χ1n) is 7.03. The number of sulfonamides is 1. The SMILES string of the molecule is Nc1ccc(Oc2ccc(C(C(F)(F)F)C(F)(F)F)cc2)cc1S(N)(=O)=O. The molecule has 0 amide bonds. The molecule has 0 aliphatic rings. The molecule has 0 radical (unpaired) electrons. The highest BCUT2D eigenvalue weighted by Crippen LogP contribution is 2.46. The van der Waals surface area contributed by atoms with Crippen LogP contribution >= 0.6 is 0 Å². The first-order chi connectivity index (χ1) is 12.2. The Bertz CT molecular complexity index is 910. The third-order valence-electron chi connectivity index (χ3n) is 3.40. The van der Waals surface area contributed by atoms with E-state index in [0.717, 1.165) is 18.2 Å². The molecule has 0 spiro atoms. The number of ether oxygens (including phenoxy) is 1. The molecule has 12 heteroatoms. The van der Waals surface area contributed by atoms with Crippen molar-refractivity contribution in [2.24, 2.45) is 5.14 Å². The highest BCUT2D eigenvalue weighted by atomic mass is 32.2. The van der Waals surface area contributed by atoms with E-state index in [9.17, 15) is 34.8 Å². The van der Waals surface area contributed by atoms with E-state index in [1.807, 2.05) is 0 Å². The highest BCUT2D eigenvalue weighted by molar-refractivity contribution is 7.89. The number of rotatable bonds is 4. The standard InChI is InChI=1S/C15H12F6N2O3S/c16-14(17,18)13(15(19,20)21)8-1-3-9(4-2-8)26-10-5-6-11(22)12(7-10)27(23,24)25/h1-7,13H,22H2,(H2,23,24,25). The maximum atomic E-state index is 12.7. The fourth-order valence-electron chi connectivity index (χ4n) is 2.25. The number of hydrogen-bond acceptors (Lipinski definition) is 4. The Morgan fingerprint density at radius 1 is 0.852 bits per heavy atom. The molecule has 27 heavy (non-hydrogen) atoms. The second-order valence-electron chi connectivity index (χ2n) is 5.43. The van der Waals surface area contributed by atoms with Crippen molar-refractivity contribution < 1.29 is 39.5 Å². The number of nitrogens with two attached hydrogens (primary N) is 2. The average molecular weight is 414 g/mol. The van der Waals surface area contributed by atoms with E-state index in [-0.39, 0.29) is 17.2 Å². The van der Waals surface area contributed by atoms with E-state index in [1.165, 1.54) is 12.1 Å². The lowest BCUT2D eigenvalue weighted by Gasteiger charge is -2.23. The first kappa shape index (κ1) is 20.8. The summed E-state index contributed by atoms with van der Waals surface area (Å²) in [6, 6.07) is 6.45. The Kier molecular flexibility index (Phi) is 5.34. The van der Waals surface area contributed by atoms with Gasteiger partial charge in [0.25, 0.3) is 0 Å². The van der Waals surface area contributed by atoms with Crippen molar-refractivity contribution in [3.8, 4) is 11.5 Å². The van der Waals surface area contributed by atoms with Crippen molar-refractivity contribution in [1.29, 1.82) is 0 Å². The lowest BCUT2D eigenvalue weighted by Crippen LogP contribution is -2.34. The van der Waals surface area contributed by atoms with Crippen molar-refractivity contribution in [1.82, 2.24) is 0 Å². The zero-order valence-electron chi connectivity index (χ0n) is 13.2. The summed E-state index contributed by atoms with van der Waals surface area (Å²) in [6.07, 6.45) is -11.0. The second-order valence-corrected chi connectivity index (χ2v) is 6.96. The predicted molar refractivity (Wildman–Crippen MR) is 83.6 cm³/mol. The Labute approximate surface area is 149 Å². The fourth-order valence-corrected chi connectivity index (χ4v) is 2.93. The van der Waals surface area contributed by atoms with Crippen molar-refractivity contribution in [2.75, 3.05) is 5.73 Å². The topological polar surface area (TPSA) is 95.4 Å². The molecule has 0 aliphatic heterocycles. The minimum absolute atomic E-state index is 0.0795. The second kappa shape index (κ2) is 6.93. The molecule has 0 saturated heterocycles. The molecular weight excluding hydrogens is 402 g/mol. The van der Waals surface area contributed by atoms with Gasteiger partial charge in [0, 0.05) is 6.07 Å². The summed E-state index contributed by atoms with van der Waals surface area (Å²) in [4.78, 5) is -0.439. The smallest absolute Gasteiger partial charge is 0.404 e. The summed E-state index contributed by atoms with van der Waals surface area (Å²) in [5, 5.41) is 4.98. The molecular formula is C15H12F6N2O3S. The Balaban J connectivity index is 2.31. The normalized spacial score (nSPS) is 13.0. The van der Waals surface area contributed by atoms with Gasteiger partial charge in [0.1, 0.15) is 16.4 Å². The van der Waals surface area contributed by atoms with Crippen molar-refractivity contribution in [3.63, 3.8) is 0 Å². The maximum Gasteiger partial charge on any atom is 0.404 e. The van der Waals surface area contributed by atoms with Crippen LogP contribution in [0.2, 0.25) is 0 Å². The molecule has 2 aromatic rings. The van der Waals surface area contributed by atoms with Crippen LogP contribution in [-0.2, 0) is 10.0 Å². The Hall–Kier alpha value is -2.47. The summed E-state index contributed by atoms with van der Waals surface area (Å²) in [5.41, 5.74) is 4.31. The quantitative estimate of drug-likeness (QED) is 0.586. The molecule has 2 aromatic carbocycles. The van der Waals surface area contributed by atoms with Crippen LogP contribution < -0.4 is 15.6 Å². The van der Waals surface area contributed by atoms with Gasteiger partial charge in [-0.15, -0.1) is 0 Å². The van der Waals surface area contributed by atoms with Gasteiger partial charge in [-0.05, 0) is 29.8 Å². The number of anilines is 1. The van der Waals surface area contributed by atoms with Crippen molar-refractivity contribution >= 4 is 15.7 Å². The molecule has 0 aromatic heterocycles. The third kappa shape index (κ3) is 5.04. The van der Waals surface area contributed by atoms with Gasteiger partial charge in [0.05, 0.1) is 5.69 Å². The van der Waals surface area contributed by atoms with Crippen LogP contribution in [0.5, 0.6) is 11.5 Å². The zero-order chi connectivity index (χ0) is 20.6. The van der Waals surface area contributed by atoms with Crippen LogP contribution in [0.3, 0.4) is 0 Å². The predicted octanol–water partition coefficient (Wildman–Crippen LogP) is 3.92. The molecule has 0 atom stereocenters. The summed E-state index contributed by atoms with van der Waals surface area (Å²) in [5.74, 6) is -3.83. The summed E-state index contributed by atoms with van der Waals surface area (Å²) < 4.78 is 104. The number of alkyl halides is 6. The van der Waals surface area contributed by atoms with E-state index < -0.39 is 38.8 Å². The monoisotopic (exact) mass is 414 g/mol. The summed E-state index contributed by atoms with van der Waals surface area (Å²) in [7, 11) is -4.15. The number of primary sulfonamides is 1. The largest absolute Gasteiger partial charge is 0.457 e. The minimum Gasteiger partial charge on any atom is -0.457 e. The molecule has 5 nitrogen and oxygen atoms in total. The maximum absolute atomic E-state index is 12.7. The zero-order valence-corrected chi connectivity index (χ0v) is 14.0. The number of hydrogen-bond donors (Lipinski definition) is 2. The van der Waals surface area contributed by atoms with Gasteiger partial charge in [-0.1, -0.05) is 12.1 Å². The summed E-state index contributed by atoms with van der Waals surface area (Å²) >= 11 is 0. The van der Waals surface area contributed by atoms with Crippen molar-refractivity contribution in [2.45, 2.75) is 23.2 Å². The van der Waals surface area contributed by atoms with Crippen LogP contribution in [0.1, 0.15) is 11.5 Å². The highest BCUT2D eigenvalue weighted by Gasteiger charge is 2.57. The Morgan fingerprint density at radius 3 is 1.78 bits per heavy atom. The van der Waals surface area contributed by atoms with Gasteiger partial charge in [0.2, 0.25) is 10.0 Å². The molecule has 4 N–H and O–H groups in total. The number of benzene rings is 2. The van der Waals surface area contributed by atoms with E-state index >= 15 is 0 Å². The first-order valence-corrected chi connectivity index (χ1v) is 8.58. The lowest BCUT2D eigenvalue weighted by molar-refractivity contribution is -0.253. The van der Waals surface area contributed by atoms with Crippen LogP contribution in [0.25, 0.3) is 0 Å². The third-order valence-corrected chi connectivity index (χ3v) is 4.36. The Morgan fingerprint density at radius 2 is 1.33 bits per heavy atom. The lowest BCUT2D eigenvalue weighted by atomic mass is 9.98. The van der Waals surface area contributed by atoms with Crippen LogP contribution in [-0.4, -0.2) is 20.8 Å². The molecule has 2 rings (SSSR count). The molecule has 0 fully saturated rings. The van der Waals surface area contributed by atoms with Gasteiger partial charge in [0.15, 0.2) is 5.92 Å². The van der Waals surface area contributed by atoms with E-state index in [4.69, 9.17) is 15.6 Å². The molecule has 0 unspecified atom stereocenters. The van der Waals surface area contributed by atoms with Crippen LogP contribution in [0.4, 0.5) is 32.0 Å². The van der Waals surface area contributed by atoms with Crippen LogP contribution in [0, 0.1) is 0 Å². The van der Waals surface area contributed by atoms with E-state index in [0.29, 0.717) is 12.1 Å². The summed E-state index contributed by atoms with van der Waals surface area (Å²) in [6.45, 7) is 0. The van der Waals surface area contributed by atoms with Crippen molar-refractivity contribution in [3.05, 3.63) is 48.0 Å². The number of nitrogen functional groups attached to an aromatic ring is 1. The van der Waals surface area contributed by atoms with Crippen LogP contribution in [0.15, 0.2) is 47.4 Å². The van der Waals surface area contributed by atoms with E-state index in [2.05, 4.69) is 0 Å². The average Bonchev–Trinajstić information content (AvgIpc) is 2.47. The molecule has 0 aliphatic carbocycles. The minimum atomic E-state index is -5.51. The van der Waals surface area contributed by atoms with E-state index in [1.54, 1.807) is 0 Å². The van der Waals surface area contributed by atoms with Gasteiger partial charge >= 0.3 is 12.4 Å². The van der Waals surface area contributed by atoms with Gasteiger partial charge in [-0.2, -0.15) is 26.3 Å². The number of halogens is 6. The van der Waals surface area contributed by atoms with Gasteiger partial charge < -0.3 is 10.5 Å². The fraction of sp³-hybridized carbons (Fsp3) is 0.200. The molecule has 0 saturated carbocycles. The van der Waals surface area contributed by atoms with Gasteiger partial charge in [-0.25, -0.2) is 13.6 Å². The molecule has 0 bridgehead atoms.